The fourth-order valence-corrected chi connectivity index (χ4v) is 2.47. The maximum Gasteiger partial charge on any atom is 0.256 e. The molecule has 1 aromatic carbocycles. The highest BCUT2D eigenvalue weighted by Crippen LogP contribution is 2.31. The molecular weight excluding hydrogens is 407 g/mol. The molecule has 0 spiro atoms. The van der Waals surface area contributed by atoms with Crippen LogP contribution in [0.3, 0.4) is 0 Å². The van der Waals surface area contributed by atoms with Gasteiger partial charge in [0.1, 0.15) is 5.15 Å². The van der Waals surface area contributed by atoms with E-state index in [9.17, 15) is 4.79 Å². The summed E-state index contributed by atoms with van der Waals surface area (Å²) in [6.45, 7) is 0. The summed E-state index contributed by atoms with van der Waals surface area (Å²) in [4.78, 5) is 16.2. The van der Waals surface area contributed by atoms with Crippen LogP contribution in [0.2, 0.25) is 5.15 Å². The molecule has 0 saturated heterocycles. The minimum atomic E-state index is -0.260. The monoisotopic (exact) mass is 418 g/mol. The number of ether oxygens (including phenoxy) is 2. The maximum absolute atomic E-state index is 12.3. The number of amides is 1. The lowest BCUT2D eigenvalue weighted by molar-refractivity contribution is 0.102. The van der Waals surface area contributed by atoms with Crippen LogP contribution in [0.25, 0.3) is 0 Å². The van der Waals surface area contributed by atoms with E-state index in [1.807, 2.05) is 0 Å². The summed E-state index contributed by atoms with van der Waals surface area (Å²) >= 11 is 7.78. The number of halogens is 2. The Morgan fingerprint density at radius 2 is 1.90 bits per heavy atom. The summed E-state index contributed by atoms with van der Waals surface area (Å²) in [6.07, 6.45) is 1.49. The number of nitrogens with one attached hydrogen (secondary N) is 1. The summed E-state index contributed by atoms with van der Waals surface area (Å²) in [6, 6.07) is 6.67. The SMILES string of the molecule is COc1cc(I)c(C(=O)Nc2ccc(Cl)nc2)cc1OC. The molecule has 0 aliphatic rings. The van der Waals surface area contributed by atoms with Crippen molar-refractivity contribution in [2.24, 2.45) is 0 Å². The number of anilines is 1. The molecule has 2 rings (SSSR count). The zero-order valence-electron chi connectivity index (χ0n) is 11.3. The topological polar surface area (TPSA) is 60.5 Å². The van der Waals surface area contributed by atoms with E-state index < -0.39 is 0 Å². The summed E-state index contributed by atoms with van der Waals surface area (Å²) < 4.78 is 11.2. The predicted molar refractivity (Wildman–Crippen MR) is 89.5 cm³/mol. The Morgan fingerprint density at radius 3 is 2.48 bits per heavy atom. The molecule has 21 heavy (non-hydrogen) atoms. The number of aromatic nitrogens is 1. The van der Waals surface area contributed by atoms with Gasteiger partial charge in [-0.1, -0.05) is 11.6 Å². The van der Waals surface area contributed by atoms with Crippen molar-refractivity contribution in [1.29, 1.82) is 0 Å². The van der Waals surface area contributed by atoms with Crippen LogP contribution in [0.1, 0.15) is 10.4 Å². The zero-order valence-corrected chi connectivity index (χ0v) is 14.2. The second-order valence-electron chi connectivity index (χ2n) is 4.01. The smallest absolute Gasteiger partial charge is 0.256 e. The highest BCUT2D eigenvalue weighted by atomic mass is 127. The van der Waals surface area contributed by atoms with E-state index in [-0.39, 0.29) is 5.91 Å². The summed E-state index contributed by atoms with van der Waals surface area (Å²) in [5, 5.41) is 3.12. The first kappa shape index (κ1) is 15.8. The number of methoxy groups -OCH3 is 2. The minimum Gasteiger partial charge on any atom is -0.493 e. The van der Waals surface area contributed by atoms with Crippen LogP contribution in [0.15, 0.2) is 30.5 Å². The number of carbonyl (C=O) groups is 1. The van der Waals surface area contributed by atoms with Gasteiger partial charge in [-0.2, -0.15) is 0 Å². The van der Waals surface area contributed by atoms with Gasteiger partial charge in [0, 0.05) is 3.57 Å². The van der Waals surface area contributed by atoms with Gasteiger partial charge in [-0.3, -0.25) is 4.79 Å². The maximum atomic E-state index is 12.3. The highest BCUT2D eigenvalue weighted by molar-refractivity contribution is 14.1. The van der Waals surface area contributed by atoms with Crippen molar-refractivity contribution in [3.8, 4) is 11.5 Å². The number of rotatable bonds is 4. The first-order chi connectivity index (χ1) is 10.0. The third-order valence-corrected chi connectivity index (χ3v) is 3.82. The molecule has 1 N–H and O–H groups in total. The van der Waals surface area contributed by atoms with Crippen LogP contribution >= 0.6 is 34.2 Å². The van der Waals surface area contributed by atoms with Crippen molar-refractivity contribution >= 4 is 45.8 Å². The van der Waals surface area contributed by atoms with E-state index in [4.69, 9.17) is 21.1 Å². The van der Waals surface area contributed by atoms with Crippen molar-refractivity contribution in [3.05, 3.63) is 44.7 Å². The Labute approximate surface area is 140 Å². The fourth-order valence-electron chi connectivity index (χ4n) is 1.68. The summed E-state index contributed by atoms with van der Waals surface area (Å²) in [5.41, 5.74) is 1.05. The molecule has 0 radical (unpaired) electrons. The van der Waals surface area contributed by atoms with E-state index in [0.717, 1.165) is 3.57 Å². The van der Waals surface area contributed by atoms with Gasteiger partial charge >= 0.3 is 0 Å². The van der Waals surface area contributed by atoms with Crippen LogP contribution in [-0.2, 0) is 0 Å². The first-order valence-corrected chi connectivity index (χ1v) is 7.35. The molecule has 0 saturated carbocycles. The predicted octanol–water partition coefficient (Wildman–Crippen LogP) is 3.61. The molecule has 110 valence electrons. The van der Waals surface area contributed by atoms with Crippen molar-refractivity contribution in [2.75, 3.05) is 19.5 Å². The molecular formula is C14H12ClIN2O3. The van der Waals surface area contributed by atoms with Gasteiger partial charge in [0.25, 0.3) is 5.91 Å². The molecule has 7 heteroatoms. The van der Waals surface area contributed by atoms with E-state index >= 15 is 0 Å². The Hall–Kier alpha value is -1.54. The summed E-state index contributed by atoms with van der Waals surface area (Å²) in [7, 11) is 3.07. The lowest BCUT2D eigenvalue weighted by Crippen LogP contribution is -2.14. The third-order valence-electron chi connectivity index (χ3n) is 2.70. The Balaban J connectivity index is 2.28. The van der Waals surface area contributed by atoms with Gasteiger partial charge in [-0.25, -0.2) is 4.98 Å². The van der Waals surface area contributed by atoms with Crippen LogP contribution in [0.4, 0.5) is 5.69 Å². The Kier molecular flexibility index (Phi) is 5.24. The van der Waals surface area contributed by atoms with Gasteiger partial charge in [-0.15, -0.1) is 0 Å². The average Bonchev–Trinajstić information content (AvgIpc) is 2.49. The number of benzene rings is 1. The molecule has 0 aliphatic heterocycles. The lowest BCUT2D eigenvalue weighted by atomic mass is 10.2. The normalized spacial score (nSPS) is 10.1. The zero-order chi connectivity index (χ0) is 15.4. The van der Waals surface area contributed by atoms with Gasteiger partial charge in [0.15, 0.2) is 11.5 Å². The largest absolute Gasteiger partial charge is 0.493 e. The fraction of sp³-hybridized carbons (Fsp3) is 0.143. The quantitative estimate of drug-likeness (QED) is 0.609. The molecule has 1 aromatic heterocycles. The number of hydrogen-bond acceptors (Lipinski definition) is 4. The second kappa shape index (κ2) is 6.95. The molecule has 2 aromatic rings. The number of nitrogens with zero attached hydrogens (tertiary/aromatic N) is 1. The van der Waals surface area contributed by atoms with E-state index in [2.05, 4.69) is 32.9 Å². The second-order valence-corrected chi connectivity index (χ2v) is 5.56. The first-order valence-electron chi connectivity index (χ1n) is 5.89. The van der Waals surface area contributed by atoms with Crippen LogP contribution in [0.5, 0.6) is 11.5 Å². The van der Waals surface area contributed by atoms with E-state index in [1.54, 1.807) is 31.4 Å². The van der Waals surface area contributed by atoms with E-state index in [1.165, 1.54) is 13.3 Å². The summed E-state index contributed by atoms with van der Waals surface area (Å²) in [5.74, 6) is 0.813. The minimum absolute atomic E-state index is 0.260. The Morgan fingerprint density at radius 1 is 1.24 bits per heavy atom. The number of carbonyl (C=O) groups excluding carboxylic acids is 1. The third kappa shape index (κ3) is 3.76. The average molecular weight is 419 g/mol. The van der Waals surface area contributed by atoms with Gasteiger partial charge in [0.2, 0.25) is 0 Å². The molecule has 0 unspecified atom stereocenters. The molecule has 0 fully saturated rings. The lowest BCUT2D eigenvalue weighted by Gasteiger charge is -2.12. The molecule has 0 bridgehead atoms. The Bertz CT molecular complexity index is 662. The van der Waals surface area contributed by atoms with Crippen molar-refractivity contribution in [2.45, 2.75) is 0 Å². The highest BCUT2D eigenvalue weighted by Gasteiger charge is 2.15. The van der Waals surface area contributed by atoms with Crippen molar-refractivity contribution in [1.82, 2.24) is 4.98 Å². The molecule has 1 heterocycles. The van der Waals surface area contributed by atoms with Crippen LogP contribution in [-0.4, -0.2) is 25.1 Å². The van der Waals surface area contributed by atoms with Crippen LogP contribution < -0.4 is 14.8 Å². The van der Waals surface area contributed by atoms with Crippen LogP contribution in [0, 0.1) is 3.57 Å². The molecule has 0 atom stereocenters. The number of hydrogen-bond donors (Lipinski definition) is 1. The van der Waals surface area contributed by atoms with Gasteiger partial charge in [0.05, 0.1) is 31.7 Å². The van der Waals surface area contributed by atoms with Crippen molar-refractivity contribution < 1.29 is 14.3 Å². The van der Waals surface area contributed by atoms with Gasteiger partial charge < -0.3 is 14.8 Å². The number of pyridine rings is 1. The van der Waals surface area contributed by atoms with Gasteiger partial charge in [-0.05, 0) is 46.9 Å². The van der Waals surface area contributed by atoms with Crippen molar-refractivity contribution in [3.63, 3.8) is 0 Å². The van der Waals surface area contributed by atoms with E-state index in [0.29, 0.717) is 27.9 Å². The molecule has 1 amide bonds. The standard InChI is InChI=1S/C14H12ClIN2O3/c1-20-11-5-9(10(16)6-12(11)21-2)14(19)18-8-3-4-13(15)17-7-8/h3-7H,1-2H3,(H,18,19). The molecule has 0 aliphatic carbocycles. The molecule has 5 nitrogen and oxygen atoms in total.